The number of hydrogen-bond acceptors (Lipinski definition) is 6. The number of carbonyl (C=O) groups is 1. The minimum atomic E-state index is -0.597. The van der Waals surface area contributed by atoms with Crippen LogP contribution in [-0.2, 0) is 11.2 Å². The first-order valence-corrected chi connectivity index (χ1v) is 10.6. The number of para-hydroxylation sites is 1. The first-order valence-electron chi connectivity index (χ1n) is 9.65. The molecular formula is C22H25N5O2S. The molecule has 0 unspecified atom stereocenters. The number of anilines is 1. The zero-order chi connectivity index (χ0) is 21.7. The van der Waals surface area contributed by atoms with Gasteiger partial charge >= 0.3 is 5.69 Å². The quantitative estimate of drug-likeness (QED) is 0.447. The van der Waals surface area contributed by atoms with Gasteiger partial charge in [-0.1, -0.05) is 68.1 Å². The number of carbonyl (C=O) groups excluding carboxylic acids is 1. The standard InChI is InChI=1S/C22H25N5O2S/c1-14(2)17-10-8-16(9-11-17)12-19-25-21(26-22(29)27(19)23)30-13-20(28)24-18-7-5-4-6-15(18)3/h4-11,14H,12-13,23H2,1-3H3,(H,24,28). The van der Waals surface area contributed by atoms with E-state index < -0.39 is 5.69 Å². The Hall–Kier alpha value is -3.13. The number of benzene rings is 2. The largest absolute Gasteiger partial charge is 0.370 e. The molecule has 0 radical (unpaired) electrons. The minimum Gasteiger partial charge on any atom is -0.333 e. The SMILES string of the molecule is Cc1ccccc1NC(=O)CSc1nc(Cc2ccc(C(C)C)cc2)n(N)c(=O)n1. The third-order valence-electron chi connectivity index (χ3n) is 4.66. The van der Waals surface area contributed by atoms with E-state index in [1.165, 1.54) is 5.56 Å². The molecule has 0 aliphatic carbocycles. The van der Waals surface area contributed by atoms with Crippen LogP contribution in [0.2, 0.25) is 0 Å². The Morgan fingerprint density at radius 2 is 1.83 bits per heavy atom. The summed E-state index contributed by atoms with van der Waals surface area (Å²) in [4.78, 5) is 32.7. The number of aryl methyl sites for hydroxylation is 1. The van der Waals surface area contributed by atoms with Crippen LogP contribution in [0.1, 0.15) is 42.3 Å². The van der Waals surface area contributed by atoms with Crippen LogP contribution in [0.5, 0.6) is 0 Å². The number of thioether (sulfide) groups is 1. The van der Waals surface area contributed by atoms with Gasteiger partial charge in [0.05, 0.1) is 5.75 Å². The first-order chi connectivity index (χ1) is 14.3. The van der Waals surface area contributed by atoms with Gasteiger partial charge in [-0.05, 0) is 35.6 Å². The summed E-state index contributed by atoms with van der Waals surface area (Å²) in [7, 11) is 0. The van der Waals surface area contributed by atoms with Crippen LogP contribution >= 0.6 is 11.8 Å². The fraction of sp³-hybridized carbons (Fsp3) is 0.273. The molecule has 2 aromatic carbocycles. The highest BCUT2D eigenvalue weighted by Crippen LogP contribution is 2.18. The molecule has 0 spiro atoms. The summed E-state index contributed by atoms with van der Waals surface area (Å²) < 4.78 is 0.952. The molecule has 1 heterocycles. The highest BCUT2D eigenvalue weighted by molar-refractivity contribution is 7.99. The average molecular weight is 424 g/mol. The van der Waals surface area contributed by atoms with E-state index in [0.29, 0.717) is 18.2 Å². The average Bonchev–Trinajstić information content (AvgIpc) is 2.72. The van der Waals surface area contributed by atoms with Crippen molar-refractivity contribution in [3.63, 3.8) is 0 Å². The van der Waals surface area contributed by atoms with E-state index in [0.717, 1.165) is 33.3 Å². The van der Waals surface area contributed by atoms with E-state index in [4.69, 9.17) is 5.84 Å². The molecule has 7 nitrogen and oxygen atoms in total. The molecular weight excluding hydrogens is 398 g/mol. The van der Waals surface area contributed by atoms with Crippen LogP contribution in [0.15, 0.2) is 58.5 Å². The number of hydrogen-bond donors (Lipinski definition) is 2. The van der Waals surface area contributed by atoms with Gasteiger partial charge in [-0.3, -0.25) is 4.79 Å². The van der Waals surface area contributed by atoms with Gasteiger partial charge in [0.25, 0.3) is 0 Å². The molecule has 3 rings (SSSR count). The molecule has 0 saturated heterocycles. The normalized spacial score (nSPS) is 10.9. The van der Waals surface area contributed by atoms with Crippen molar-refractivity contribution < 1.29 is 4.79 Å². The van der Waals surface area contributed by atoms with Gasteiger partial charge in [0.2, 0.25) is 5.91 Å². The Morgan fingerprint density at radius 3 is 2.50 bits per heavy atom. The number of nitrogen functional groups attached to an aromatic ring is 1. The fourth-order valence-corrected chi connectivity index (χ4v) is 3.50. The number of amides is 1. The van der Waals surface area contributed by atoms with Crippen molar-refractivity contribution in [1.82, 2.24) is 14.6 Å². The van der Waals surface area contributed by atoms with E-state index in [1.807, 2.05) is 43.3 Å². The van der Waals surface area contributed by atoms with Crippen molar-refractivity contribution in [3.8, 4) is 0 Å². The predicted octanol–water partition coefficient (Wildman–Crippen LogP) is 3.11. The lowest BCUT2D eigenvalue weighted by atomic mass is 10.0. The second kappa shape index (κ2) is 9.58. The maximum absolute atomic E-state index is 12.3. The number of aromatic nitrogens is 3. The molecule has 3 N–H and O–H groups in total. The fourth-order valence-electron chi connectivity index (χ4n) is 2.86. The van der Waals surface area contributed by atoms with Crippen molar-refractivity contribution in [3.05, 3.63) is 81.5 Å². The maximum atomic E-state index is 12.3. The van der Waals surface area contributed by atoms with Crippen LogP contribution < -0.4 is 16.8 Å². The van der Waals surface area contributed by atoms with E-state index in [2.05, 4.69) is 41.3 Å². The van der Waals surface area contributed by atoms with Crippen LogP contribution in [0.3, 0.4) is 0 Å². The van der Waals surface area contributed by atoms with E-state index in [-0.39, 0.29) is 16.8 Å². The molecule has 30 heavy (non-hydrogen) atoms. The molecule has 0 fully saturated rings. The Labute approximate surface area is 179 Å². The van der Waals surface area contributed by atoms with Crippen molar-refractivity contribution >= 4 is 23.4 Å². The Bertz CT molecular complexity index is 1090. The molecule has 0 bridgehead atoms. The van der Waals surface area contributed by atoms with E-state index >= 15 is 0 Å². The first kappa shape index (κ1) is 21.6. The zero-order valence-corrected chi connectivity index (χ0v) is 18.1. The Morgan fingerprint density at radius 1 is 1.13 bits per heavy atom. The van der Waals surface area contributed by atoms with Crippen LogP contribution in [0.25, 0.3) is 0 Å². The highest BCUT2D eigenvalue weighted by Gasteiger charge is 2.12. The topological polar surface area (TPSA) is 103 Å². The van der Waals surface area contributed by atoms with Gasteiger partial charge in [-0.15, -0.1) is 0 Å². The van der Waals surface area contributed by atoms with Crippen molar-refractivity contribution in [2.75, 3.05) is 16.9 Å². The lowest BCUT2D eigenvalue weighted by Gasteiger charge is -2.10. The van der Waals surface area contributed by atoms with Crippen molar-refractivity contribution in [2.24, 2.45) is 0 Å². The summed E-state index contributed by atoms with van der Waals surface area (Å²) in [5.74, 6) is 6.58. The Kier molecular flexibility index (Phi) is 6.89. The smallest absolute Gasteiger partial charge is 0.333 e. The molecule has 1 amide bonds. The summed E-state index contributed by atoms with van der Waals surface area (Å²) in [6, 6.07) is 15.7. The van der Waals surface area contributed by atoms with Crippen molar-refractivity contribution in [1.29, 1.82) is 0 Å². The molecule has 3 aromatic rings. The second-order valence-corrected chi connectivity index (χ2v) is 8.24. The van der Waals surface area contributed by atoms with Gasteiger partial charge in [-0.25, -0.2) is 9.78 Å². The summed E-state index contributed by atoms with van der Waals surface area (Å²) >= 11 is 1.10. The number of nitrogens with two attached hydrogens (primary N) is 1. The number of nitrogens with zero attached hydrogens (tertiary/aromatic N) is 3. The zero-order valence-electron chi connectivity index (χ0n) is 17.3. The van der Waals surface area contributed by atoms with Crippen LogP contribution in [0, 0.1) is 6.92 Å². The van der Waals surface area contributed by atoms with Gasteiger partial charge in [-0.2, -0.15) is 9.66 Å². The second-order valence-electron chi connectivity index (χ2n) is 7.30. The summed E-state index contributed by atoms with van der Waals surface area (Å²) in [5.41, 5.74) is 3.36. The molecule has 0 aliphatic heterocycles. The monoisotopic (exact) mass is 423 g/mol. The van der Waals surface area contributed by atoms with Crippen LogP contribution in [0.4, 0.5) is 5.69 Å². The summed E-state index contributed by atoms with van der Waals surface area (Å²) in [6.07, 6.45) is 0.398. The Balaban J connectivity index is 1.69. The molecule has 1 aromatic heterocycles. The van der Waals surface area contributed by atoms with Gasteiger partial charge in [0.1, 0.15) is 5.82 Å². The van der Waals surface area contributed by atoms with Gasteiger partial charge < -0.3 is 11.2 Å². The number of rotatable bonds is 7. The molecule has 0 saturated carbocycles. The number of nitrogens with one attached hydrogen (secondary N) is 1. The molecule has 156 valence electrons. The lowest BCUT2D eigenvalue weighted by Crippen LogP contribution is -2.34. The third-order valence-corrected chi connectivity index (χ3v) is 5.51. The van der Waals surface area contributed by atoms with Crippen molar-refractivity contribution in [2.45, 2.75) is 38.3 Å². The van der Waals surface area contributed by atoms with E-state index in [1.54, 1.807) is 0 Å². The van der Waals surface area contributed by atoms with Gasteiger partial charge in [0, 0.05) is 12.1 Å². The molecule has 0 atom stereocenters. The summed E-state index contributed by atoms with van der Waals surface area (Å²) in [6.45, 7) is 6.19. The van der Waals surface area contributed by atoms with E-state index in [9.17, 15) is 9.59 Å². The maximum Gasteiger partial charge on any atom is 0.370 e. The lowest BCUT2D eigenvalue weighted by molar-refractivity contribution is -0.113. The minimum absolute atomic E-state index is 0.0882. The van der Waals surface area contributed by atoms with Crippen LogP contribution in [-0.4, -0.2) is 26.3 Å². The molecule has 0 aliphatic rings. The third kappa shape index (κ3) is 5.48. The summed E-state index contributed by atoms with van der Waals surface area (Å²) in [5, 5.41) is 3.08. The van der Waals surface area contributed by atoms with Gasteiger partial charge in [0.15, 0.2) is 5.16 Å². The highest BCUT2D eigenvalue weighted by atomic mass is 32.2. The molecule has 8 heteroatoms. The predicted molar refractivity (Wildman–Crippen MR) is 120 cm³/mol.